The SMILES string of the molecule is CCOC(=O)c1cnc(N2CC[C@H](N)C2)nc1. The van der Waals surface area contributed by atoms with Gasteiger partial charge in [-0.05, 0) is 13.3 Å². The molecule has 0 spiro atoms. The number of carbonyl (C=O) groups is 1. The van der Waals surface area contributed by atoms with Crippen LogP contribution >= 0.6 is 0 Å². The van der Waals surface area contributed by atoms with Gasteiger partial charge in [-0.15, -0.1) is 0 Å². The summed E-state index contributed by atoms with van der Waals surface area (Å²) >= 11 is 0. The summed E-state index contributed by atoms with van der Waals surface area (Å²) in [4.78, 5) is 21.7. The van der Waals surface area contributed by atoms with Gasteiger partial charge in [-0.2, -0.15) is 0 Å². The largest absolute Gasteiger partial charge is 0.462 e. The van der Waals surface area contributed by atoms with E-state index in [-0.39, 0.29) is 6.04 Å². The van der Waals surface area contributed by atoms with E-state index in [1.165, 1.54) is 12.4 Å². The number of nitrogens with two attached hydrogens (primary N) is 1. The maximum Gasteiger partial charge on any atom is 0.341 e. The van der Waals surface area contributed by atoms with Crippen LogP contribution in [-0.2, 0) is 4.74 Å². The third-order valence-corrected chi connectivity index (χ3v) is 2.66. The first-order valence-corrected chi connectivity index (χ1v) is 5.70. The van der Waals surface area contributed by atoms with Crippen molar-refractivity contribution in [3.05, 3.63) is 18.0 Å². The van der Waals surface area contributed by atoms with Crippen LogP contribution in [0.5, 0.6) is 0 Å². The molecule has 1 aliphatic heterocycles. The van der Waals surface area contributed by atoms with Gasteiger partial charge in [-0.1, -0.05) is 0 Å². The average molecular weight is 236 g/mol. The molecule has 2 N–H and O–H groups in total. The molecule has 92 valence electrons. The third kappa shape index (κ3) is 2.71. The van der Waals surface area contributed by atoms with Crippen LogP contribution in [0.3, 0.4) is 0 Å². The quantitative estimate of drug-likeness (QED) is 0.754. The Hall–Kier alpha value is -1.69. The molecular formula is C11H16N4O2. The highest BCUT2D eigenvalue weighted by Crippen LogP contribution is 2.14. The van der Waals surface area contributed by atoms with Crippen molar-refractivity contribution < 1.29 is 9.53 Å². The number of ether oxygens (including phenoxy) is 1. The summed E-state index contributed by atoms with van der Waals surface area (Å²) in [6.07, 6.45) is 3.93. The first kappa shape index (κ1) is 11.8. The maximum absolute atomic E-state index is 11.4. The lowest BCUT2D eigenvalue weighted by Gasteiger charge is -2.14. The number of hydrogen-bond acceptors (Lipinski definition) is 6. The predicted octanol–water partition coefficient (Wildman–Crippen LogP) is 0.191. The van der Waals surface area contributed by atoms with E-state index in [9.17, 15) is 4.79 Å². The monoisotopic (exact) mass is 236 g/mol. The molecule has 6 heteroatoms. The highest BCUT2D eigenvalue weighted by atomic mass is 16.5. The molecule has 0 aromatic carbocycles. The second-order valence-corrected chi connectivity index (χ2v) is 3.99. The molecule has 1 aromatic rings. The highest BCUT2D eigenvalue weighted by Gasteiger charge is 2.21. The van der Waals surface area contributed by atoms with Gasteiger partial charge in [0.2, 0.25) is 5.95 Å². The van der Waals surface area contributed by atoms with Crippen LogP contribution in [0.15, 0.2) is 12.4 Å². The summed E-state index contributed by atoms with van der Waals surface area (Å²) in [7, 11) is 0. The number of esters is 1. The minimum absolute atomic E-state index is 0.184. The van der Waals surface area contributed by atoms with E-state index in [1.807, 2.05) is 4.90 Å². The van der Waals surface area contributed by atoms with Crippen molar-refractivity contribution in [2.24, 2.45) is 5.73 Å². The molecule has 0 radical (unpaired) electrons. The van der Waals surface area contributed by atoms with Gasteiger partial charge in [0, 0.05) is 31.5 Å². The van der Waals surface area contributed by atoms with Crippen molar-refractivity contribution in [2.75, 3.05) is 24.6 Å². The molecule has 17 heavy (non-hydrogen) atoms. The zero-order chi connectivity index (χ0) is 12.3. The first-order valence-electron chi connectivity index (χ1n) is 5.70. The Morgan fingerprint density at radius 2 is 2.29 bits per heavy atom. The number of rotatable bonds is 3. The van der Waals surface area contributed by atoms with Crippen LogP contribution in [0.2, 0.25) is 0 Å². The van der Waals surface area contributed by atoms with Gasteiger partial charge in [-0.25, -0.2) is 14.8 Å². The summed E-state index contributed by atoms with van der Waals surface area (Å²) < 4.78 is 4.86. The topological polar surface area (TPSA) is 81.3 Å². The molecule has 1 aromatic heterocycles. The van der Waals surface area contributed by atoms with Crippen LogP contribution in [0, 0.1) is 0 Å². The lowest BCUT2D eigenvalue weighted by Crippen LogP contribution is -2.27. The summed E-state index contributed by atoms with van der Waals surface area (Å²) in [6, 6.07) is 0.184. The van der Waals surface area contributed by atoms with Crippen molar-refractivity contribution in [3.63, 3.8) is 0 Å². The first-order chi connectivity index (χ1) is 8.20. The maximum atomic E-state index is 11.4. The van der Waals surface area contributed by atoms with Crippen molar-refractivity contribution >= 4 is 11.9 Å². The van der Waals surface area contributed by atoms with Gasteiger partial charge in [0.05, 0.1) is 12.2 Å². The highest BCUT2D eigenvalue weighted by molar-refractivity contribution is 5.88. The fourth-order valence-corrected chi connectivity index (χ4v) is 1.77. The standard InChI is InChI=1S/C11H16N4O2/c1-2-17-10(16)8-5-13-11(14-6-8)15-4-3-9(12)7-15/h5-6,9H,2-4,7,12H2,1H3/t9-/m0/s1. The zero-order valence-electron chi connectivity index (χ0n) is 9.80. The molecule has 0 bridgehead atoms. The molecule has 0 amide bonds. The van der Waals surface area contributed by atoms with E-state index >= 15 is 0 Å². The van der Waals surface area contributed by atoms with Gasteiger partial charge < -0.3 is 15.4 Å². The third-order valence-electron chi connectivity index (χ3n) is 2.66. The normalized spacial score (nSPS) is 19.4. The minimum atomic E-state index is -0.392. The zero-order valence-corrected chi connectivity index (χ0v) is 9.80. The van der Waals surface area contributed by atoms with Gasteiger partial charge in [0.1, 0.15) is 0 Å². The molecule has 2 rings (SSSR count). The molecular weight excluding hydrogens is 220 g/mol. The predicted molar refractivity (Wildman–Crippen MR) is 62.8 cm³/mol. The number of anilines is 1. The Labute approximate surface area is 99.8 Å². The van der Waals surface area contributed by atoms with E-state index < -0.39 is 5.97 Å². The summed E-state index contributed by atoms with van der Waals surface area (Å²) in [5, 5.41) is 0. The molecule has 1 saturated heterocycles. The van der Waals surface area contributed by atoms with Crippen LogP contribution < -0.4 is 10.6 Å². The summed E-state index contributed by atoms with van der Waals surface area (Å²) in [5.74, 6) is 0.225. The van der Waals surface area contributed by atoms with Crippen molar-refractivity contribution in [1.82, 2.24) is 9.97 Å². The second-order valence-electron chi connectivity index (χ2n) is 3.99. The average Bonchev–Trinajstić information content (AvgIpc) is 2.76. The molecule has 0 saturated carbocycles. The second kappa shape index (κ2) is 5.09. The van der Waals surface area contributed by atoms with Gasteiger partial charge in [0.15, 0.2) is 0 Å². The molecule has 1 aliphatic rings. The van der Waals surface area contributed by atoms with Crippen LogP contribution in [0.25, 0.3) is 0 Å². The Balaban J connectivity index is 2.05. The molecule has 1 atom stereocenters. The minimum Gasteiger partial charge on any atom is -0.462 e. The molecule has 0 unspecified atom stereocenters. The van der Waals surface area contributed by atoms with Crippen molar-refractivity contribution in [2.45, 2.75) is 19.4 Å². The number of nitrogens with zero attached hydrogens (tertiary/aromatic N) is 3. The van der Waals surface area contributed by atoms with E-state index in [1.54, 1.807) is 6.92 Å². The lowest BCUT2D eigenvalue weighted by atomic mass is 10.3. The van der Waals surface area contributed by atoms with E-state index in [4.69, 9.17) is 10.5 Å². The van der Waals surface area contributed by atoms with Crippen molar-refractivity contribution in [1.29, 1.82) is 0 Å². The molecule has 6 nitrogen and oxygen atoms in total. The lowest BCUT2D eigenvalue weighted by molar-refractivity contribution is 0.0525. The molecule has 1 fully saturated rings. The van der Waals surface area contributed by atoms with E-state index in [0.29, 0.717) is 18.1 Å². The summed E-state index contributed by atoms with van der Waals surface area (Å²) in [6.45, 7) is 3.74. The molecule has 2 heterocycles. The van der Waals surface area contributed by atoms with Crippen molar-refractivity contribution in [3.8, 4) is 0 Å². The summed E-state index contributed by atoms with van der Waals surface area (Å²) in [5.41, 5.74) is 6.18. The number of aromatic nitrogens is 2. The Morgan fingerprint density at radius 3 is 2.82 bits per heavy atom. The fourth-order valence-electron chi connectivity index (χ4n) is 1.77. The van der Waals surface area contributed by atoms with Gasteiger partial charge in [0.25, 0.3) is 0 Å². The van der Waals surface area contributed by atoms with Gasteiger partial charge in [-0.3, -0.25) is 0 Å². The Bertz CT molecular complexity index is 393. The smallest absolute Gasteiger partial charge is 0.341 e. The van der Waals surface area contributed by atoms with Gasteiger partial charge >= 0.3 is 5.97 Å². The number of carbonyl (C=O) groups excluding carboxylic acids is 1. The van der Waals surface area contributed by atoms with Crippen LogP contribution in [0.1, 0.15) is 23.7 Å². The van der Waals surface area contributed by atoms with Crippen LogP contribution in [0.4, 0.5) is 5.95 Å². The number of hydrogen-bond donors (Lipinski definition) is 1. The van der Waals surface area contributed by atoms with E-state index in [0.717, 1.165) is 19.5 Å². The van der Waals surface area contributed by atoms with E-state index in [2.05, 4.69) is 9.97 Å². The fraction of sp³-hybridized carbons (Fsp3) is 0.545. The van der Waals surface area contributed by atoms with Crippen LogP contribution in [-0.4, -0.2) is 41.7 Å². The Morgan fingerprint density at radius 1 is 1.59 bits per heavy atom. The molecule has 0 aliphatic carbocycles. The Kier molecular flexibility index (Phi) is 3.53.